The second-order valence-electron chi connectivity index (χ2n) is 5.11. The predicted molar refractivity (Wildman–Crippen MR) is 94.7 cm³/mol. The summed E-state index contributed by atoms with van der Waals surface area (Å²) in [6.07, 6.45) is 3.98. The first-order valence-corrected chi connectivity index (χ1v) is 7.78. The van der Waals surface area contributed by atoms with Gasteiger partial charge < -0.3 is 15.3 Å². The Hall–Kier alpha value is -2.81. The van der Waals surface area contributed by atoms with Crippen LogP contribution >= 0.6 is 11.6 Å². The average Bonchev–Trinajstić information content (AvgIpc) is 2.59. The van der Waals surface area contributed by atoms with Crippen LogP contribution in [0.3, 0.4) is 0 Å². The minimum atomic E-state index is -2.99. The van der Waals surface area contributed by atoms with Crippen molar-refractivity contribution in [2.24, 2.45) is 15.9 Å². The van der Waals surface area contributed by atoms with Gasteiger partial charge in [-0.15, -0.1) is 0 Å². The molecule has 1 unspecified atom stereocenters. The molecule has 0 aliphatic heterocycles. The lowest BCUT2D eigenvalue weighted by Gasteiger charge is -2.12. The van der Waals surface area contributed by atoms with E-state index in [4.69, 9.17) is 22.2 Å². The van der Waals surface area contributed by atoms with Gasteiger partial charge in [0.25, 0.3) is 0 Å². The lowest BCUT2D eigenvalue weighted by Crippen LogP contribution is -2.27. The van der Waals surface area contributed by atoms with Crippen LogP contribution in [0.25, 0.3) is 0 Å². The molecule has 0 bridgehead atoms. The molecule has 7 nitrogen and oxygen atoms in total. The van der Waals surface area contributed by atoms with Gasteiger partial charge in [0, 0.05) is 18.5 Å². The highest BCUT2D eigenvalue weighted by molar-refractivity contribution is 6.33. The Bertz CT molecular complexity index is 800. The lowest BCUT2D eigenvalue weighted by atomic mass is 10.2. The van der Waals surface area contributed by atoms with E-state index in [9.17, 15) is 8.78 Å². The van der Waals surface area contributed by atoms with Crippen LogP contribution in [0, 0.1) is 6.92 Å². The molecular weight excluding hydrogens is 368 g/mol. The summed E-state index contributed by atoms with van der Waals surface area (Å²) in [6, 6.07) is 4.36. The zero-order valence-corrected chi connectivity index (χ0v) is 14.7. The van der Waals surface area contributed by atoms with Gasteiger partial charge in [-0.2, -0.15) is 13.9 Å². The van der Waals surface area contributed by atoms with Gasteiger partial charge in [-0.1, -0.05) is 11.6 Å². The first-order valence-electron chi connectivity index (χ1n) is 7.40. The molecule has 138 valence electrons. The quantitative estimate of drug-likeness (QED) is 0.448. The van der Waals surface area contributed by atoms with Gasteiger partial charge in [0.15, 0.2) is 0 Å². The van der Waals surface area contributed by atoms with Gasteiger partial charge in [0.1, 0.15) is 17.6 Å². The van der Waals surface area contributed by atoms with E-state index in [1.807, 2.05) is 6.92 Å². The maximum absolute atomic E-state index is 12.4. The summed E-state index contributed by atoms with van der Waals surface area (Å²) < 4.78 is 34.6. The third-order valence-corrected chi connectivity index (χ3v) is 3.39. The number of halogens is 3. The molecule has 0 fully saturated rings. The van der Waals surface area contributed by atoms with E-state index in [1.165, 1.54) is 24.4 Å². The van der Waals surface area contributed by atoms with Crippen molar-refractivity contribution in [3.8, 4) is 11.8 Å². The summed E-state index contributed by atoms with van der Waals surface area (Å²) in [7, 11) is 0. The summed E-state index contributed by atoms with van der Waals surface area (Å²) in [5.74, 6) is 5.19. The third kappa shape index (κ3) is 5.62. The van der Waals surface area contributed by atoms with Crippen molar-refractivity contribution >= 4 is 29.2 Å². The van der Waals surface area contributed by atoms with Crippen molar-refractivity contribution in [2.75, 3.05) is 0 Å². The van der Waals surface area contributed by atoms with E-state index in [0.717, 1.165) is 5.56 Å². The molecule has 0 aliphatic carbocycles. The van der Waals surface area contributed by atoms with Crippen LogP contribution in [-0.4, -0.2) is 34.6 Å². The third-order valence-electron chi connectivity index (χ3n) is 3.08. The molecular formula is C16H16ClF2N5O2. The number of hydrogen-bond donors (Lipinski definition) is 1. The second-order valence-corrected chi connectivity index (χ2v) is 5.52. The fourth-order valence-corrected chi connectivity index (χ4v) is 1.96. The molecule has 0 radical (unpaired) electrons. The summed E-state index contributed by atoms with van der Waals surface area (Å²) in [6.45, 7) is 0.551. The van der Waals surface area contributed by atoms with Crippen molar-refractivity contribution < 1.29 is 18.3 Å². The van der Waals surface area contributed by atoms with Crippen molar-refractivity contribution in [3.63, 3.8) is 0 Å². The number of benzene rings is 1. The van der Waals surface area contributed by atoms with Crippen molar-refractivity contribution in [1.29, 1.82) is 0 Å². The van der Waals surface area contributed by atoms with E-state index >= 15 is 0 Å². The Balaban J connectivity index is 2.10. The van der Waals surface area contributed by atoms with Gasteiger partial charge in [-0.3, -0.25) is 4.99 Å². The molecule has 1 aromatic heterocycles. The lowest BCUT2D eigenvalue weighted by molar-refractivity contribution is -0.0497. The first-order chi connectivity index (χ1) is 12.4. The Morgan fingerprint density at radius 2 is 1.96 bits per heavy atom. The molecule has 2 aromatic rings. The second kappa shape index (κ2) is 9.04. The zero-order valence-electron chi connectivity index (χ0n) is 13.9. The topological polar surface area (TPSA) is 95.0 Å². The molecule has 10 heteroatoms. The molecule has 0 spiro atoms. The minimum Gasteiger partial charge on any atom is -0.454 e. The maximum atomic E-state index is 12.4. The van der Waals surface area contributed by atoms with E-state index in [-0.39, 0.29) is 16.8 Å². The van der Waals surface area contributed by atoms with E-state index < -0.39 is 12.7 Å². The van der Waals surface area contributed by atoms with Crippen molar-refractivity contribution in [3.05, 3.63) is 41.2 Å². The Kier molecular flexibility index (Phi) is 6.79. The highest BCUT2D eigenvalue weighted by Gasteiger charge is 2.13. The molecule has 1 heterocycles. The van der Waals surface area contributed by atoms with Crippen LogP contribution in [0.4, 0.5) is 14.5 Å². The van der Waals surface area contributed by atoms with Gasteiger partial charge in [-0.05, 0) is 31.5 Å². The number of nitrogens with two attached hydrogens (primary N) is 1. The molecule has 0 aliphatic rings. The smallest absolute Gasteiger partial charge is 0.387 e. The molecule has 2 rings (SSSR count). The number of ether oxygens (including phenoxy) is 2. The number of aliphatic imine (C=N–C) groups is 1. The molecule has 1 atom stereocenters. The maximum Gasteiger partial charge on any atom is 0.387 e. The molecule has 1 aromatic carbocycles. The Labute approximate surface area is 153 Å². The normalized spacial score (nSPS) is 13.2. The molecule has 0 amide bonds. The van der Waals surface area contributed by atoms with Gasteiger partial charge in [0.2, 0.25) is 0 Å². The van der Waals surface area contributed by atoms with Crippen LogP contribution in [0.1, 0.15) is 12.5 Å². The number of aryl methyl sites for hydroxylation is 1. The van der Waals surface area contributed by atoms with Crippen LogP contribution in [-0.2, 0) is 0 Å². The highest BCUT2D eigenvalue weighted by atomic mass is 35.5. The van der Waals surface area contributed by atoms with Crippen LogP contribution in [0.5, 0.6) is 11.8 Å². The van der Waals surface area contributed by atoms with Gasteiger partial charge >= 0.3 is 12.6 Å². The number of alkyl halides is 2. The summed E-state index contributed by atoms with van der Waals surface area (Å²) >= 11 is 5.79. The Morgan fingerprint density at radius 1 is 1.27 bits per heavy atom. The predicted octanol–water partition coefficient (Wildman–Crippen LogP) is 3.52. The largest absolute Gasteiger partial charge is 0.454 e. The summed E-state index contributed by atoms with van der Waals surface area (Å²) in [5, 5.41) is 3.66. The number of nitrogens with zero attached hydrogens (tertiary/aromatic N) is 4. The molecule has 0 saturated carbocycles. The molecule has 2 N–H and O–H groups in total. The van der Waals surface area contributed by atoms with Crippen LogP contribution in [0.15, 0.2) is 40.7 Å². The van der Waals surface area contributed by atoms with Crippen molar-refractivity contribution in [2.45, 2.75) is 26.6 Å². The monoisotopic (exact) mass is 383 g/mol. The SMILES string of the molecule is Cc1cnc(OC(C)C(C=Nc2ccc(Cl)c(OC(F)F)c2)=NN)nc1. The zero-order chi connectivity index (χ0) is 19.1. The highest BCUT2D eigenvalue weighted by Crippen LogP contribution is 2.30. The minimum absolute atomic E-state index is 0.0465. The number of rotatable bonds is 7. The Morgan fingerprint density at radius 3 is 2.58 bits per heavy atom. The molecule has 26 heavy (non-hydrogen) atoms. The van der Waals surface area contributed by atoms with E-state index in [1.54, 1.807) is 19.3 Å². The van der Waals surface area contributed by atoms with Gasteiger partial charge in [0.05, 0.1) is 16.9 Å². The first kappa shape index (κ1) is 19.5. The average molecular weight is 384 g/mol. The van der Waals surface area contributed by atoms with E-state index in [0.29, 0.717) is 11.4 Å². The van der Waals surface area contributed by atoms with Crippen molar-refractivity contribution in [1.82, 2.24) is 9.97 Å². The standard InChI is InChI=1S/C16H16ClF2N5O2/c1-9-6-22-16(23-7-9)25-10(2)13(24-20)8-21-11-3-4-12(17)14(5-11)26-15(18)19/h3-8,10,15H,20H2,1-2H3. The fourth-order valence-electron chi connectivity index (χ4n) is 1.80. The fraction of sp³-hybridized carbons (Fsp3) is 0.250. The summed E-state index contributed by atoms with van der Waals surface area (Å²) in [5.41, 5.74) is 1.51. The van der Waals surface area contributed by atoms with Gasteiger partial charge in [-0.25, -0.2) is 9.97 Å². The number of hydrogen-bond acceptors (Lipinski definition) is 7. The van der Waals surface area contributed by atoms with Crippen LogP contribution < -0.4 is 15.3 Å². The van der Waals surface area contributed by atoms with Crippen LogP contribution in [0.2, 0.25) is 5.02 Å². The van der Waals surface area contributed by atoms with E-state index in [2.05, 4.69) is 24.8 Å². The molecule has 0 saturated heterocycles. The number of aromatic nitrogens is 2. The summed E-state index contributed by atoms with van der Waals surface area (Å²) in [4.78, 5) is 12.2. The number of hydrazone groups is 1.